The molecule has 0 radical (unpaired) electrons. The van der Waals surface area contributed by atoms with E-state index in [0.29, 0.717) is 22.0 Å². The van der Waals surface area contributed by atoms with Crippen molar-refractivity contribution in [1.82, 2.24) is 9.88 Å². The molecule has 1 aliphatic rings. The molecule has 0 saturated heterocycles. The summed E-state index contributed by atoms with van der Waals surface area (Å²) in [7, 11) is 0. The van der Waals surface area contributed by atoms with Gasteiger partial charge in [0.15, 0.2) is 5.13 Å². The van der Waals surface area contributed by atoms with E-state index in [9.17, 15) is 14.4 Å². The highest BCUT2D eigenvalue weighted by Gasteiger charge is 2.41. The van der Waals surface area contributed by atoms with Crippen LogP contribution in [0.15, 0.2) is 60.0 Å². The molecule has 2 heterocycles. The number of carbonyl (C=O) groups excluding carboxylic acids is 3. The quantitative estimate of drug-likeness (QED) is 0.496. The smallest absolute Gasteiger partial charge is 0.329 e. The Balaban J connectivity index is 1.37. The fourth-order valence-corrected chi connectivity index (χ4v) is 3.72. The number of ether oxygens (including phenoxy) is 1. The van der Waals surface area contributed by atoms with Gasteiger partial charge in [0.2, 0.25) is 0 Å². The van der Waals surface area contributed by atoms with Crippen LogP contribution in [0.5, 0.6) is 0 Å². The first-order chi connectivity index (χ1) is 14.0. The number of imide groups is 1. The Morgan fingerprint density at radius 3 is 2.34 bits per heavy atom. The summed E-state index contributed by atoms with van der Waals surface area (Å²) in [4.78, 5) is 42.7. The zero-order valence-corrected chi connectivity index (χ0v) is 16.3. The normalized spacial score (nSPS) is 13.9. The molecule has 0 aliphatic carbocycles. The van der Waals surface area contributed by atoms with Crippen LogP contribution >= 0.6 is 11.3 Å². The van der Waals surface area contributed by atoms with Crippen LogP contribution in [0.1, 0.15) is 33.3 Å². The summed E-state index contributed by atoms with van der Waals surface area (Å²) >= 11 is 1.39. The highest BCUT2D eigenvalue weighted by Crippen LogP contribution is 2.25. The van der Waals surface area contributed by atoms with Crippen LogP contribution in [-0.4, -0.2) is 33.7 Å². The fraction of sp³-hybridized carbons (Fsp3) is 0.143. The number of amides is 2. The van der Waals surface area contributed by atoms with Crippen LogP contribution in [0.2, 0.25) is 0 Å². The first-order valence-electron chi connectivity index (χ1n) is 8.94. The van der Waals surface area contributed by atoms with Crippen molar-refractivity contribution in [3.63, 3.8) is 0 Å². The molecule has 0 spiro atoms. The van der Waals surface area contributed by atoms with Gasteiger partial charge in [-0.1, -0.05) is 30.3 Å². The Labute approximate surface area is 170 Å². The lowest BCUT2D eigenvalue weighted by Crippen LogP contribution is -2.43. The summed E-state index contributed by atoms with van der Waals surface area (Å²) in [6, 6.07) is 15.1. The van der Waals surface area contributed by atoms with Crippen molar-refractivity contribution < 1.29 is 19.1 Å². The third-order valence-electron chi connectivity index (χ3n) is 4.49. The minimum Gasteiger partial charge on any atom is -0.458 e. The molecule has 2 aromatic carbocycles. The van der Waals surface area contributed by atoms with Crippen LogP contribution in [-0.2, 0) is 16.1 Å². The van der Waals surface area contributed by atoms with E-state index in [4.69, 9.17) is 4.74 Å². The molecule has 8 heteroatoms. The Hall–Kier alpha value is -3.52. The summed E-state index contributed by atoms with van der Waals surface area (Å²) in [6.07, 6.45) is 0. The van der Waals surface area contributed by atoms with Crippen LogP contribution < -0.4 is 5.32 Å². The van der Waals surface area contributed by atoms with Crippen LogP contribution in [0.3, 0.4) is 0 Å². The summed E-state index contributed by atoms with van der Waals surface area (Å²) < 4.78 is 5.29. The lowest BCUT2D eigenvalue weighted by molar-refractivity contribution is -0.149. The molecule has 29 heavy (non-hydrogen) atoms. The second-order valence-corrected chi connectivity index (χ2v) is 7.30. The van der Waals surface area contributed by atoms with Gasteiger partial charge >= 0.3 is 5.97 Å². The minimum atomic E-state index is -1.03. The molecular formula is C21H17N3O4S. The second kappa shape index (κ2) is 7.84. The molecule has 1 aliphatic heterocycles. The van der Waals surface area contributed by atoms with Gasteiger partial charge in [-0.2, -0.15) is 0 Å². The predicted molar refractivity (Wildman–Crippen MR) is 108 cm³/mol. The Bertz CT molecular complexity index is 1050. The molecule has 0 bridgehead atoms. The van der Waals surface area contributed by atoms with Gasteiger partial charge in [-0.15, -0.1) is 11.3 Å². The highest BCUT2D eigenvalue weighted by atomic mass is 32.1. The van der Waals surface area contributed by atoms with Crippen molar-refractivity contribution in [2.24, 2.45) is 0 Å². The van der Waals surface area contributed by atoms with Gasteiger partial charge in [-0.25, -0.2) is 9.78 Å². The van der Waals surface area contributed by atoms with E-state index in [1.54, 1.807) is 29.6 Å². The number of aromatic nitrogens is 1. The number of hydrogen-bond acceptors (Lipinski definition) is 7. The van der Waals surface area contributed by atoms with Crippen LogP contribution in [0, 0.1) is 0 Å². The second-order valence-electron chi connectivity index (χ2n) is 6.44. The average molecular weight is 407 g/mol. The lowest BCUT2D eigenvalue weighted by Gasteiger charge is -2.20. The molecular weight excluding hydrogens is 390 g/mol. The van der Waals surface area contributed by atoms with E-state index < -0.39 is 23.8 Å². The van der Waals surface area contributed by atoms with Crippen molar-refractivity contribution in [3.05, 3.63) is 76.8 Å². The van der Waals surface area contributed by atoms with Crippen LogP contribution in [0.25, 0.3) is 0 Å². The van der Waals surface area contributed by atoms with Crippen molar-refractivity contribution in [3.8, 4) is 0 Å². The van der Waals surface area contributed by atoms with Gasteiger partial charge in [0.05, 0.1) is 16.8 Å². The molecule has 1 atom stereocenters. The zero-order valence-electron chi connectivity index (χ0n) is 15.5. The maximum atomic E-state index is 12.5. The van der Waals surface area contributed by atoms with Crippen molar-refractivity contribution in [2.45, 2.75) is 19.6 Å². The topological polar surface area (TPSA) is 88.6 Å². The molecule has 7 nitrogen and oxygen atoms in total. The number of thiazole rings is 1. The Kier molecular flexibility index (Phi) is 5.09. The summed E-state index contributed by atoms with van der Waals surface area (Å²) in [5.41, 5.74) is 2.09. The number of carbonyl (C=O) groups is 3. The molecule has 1 unspecified atom stereocenters. The van der Waals surface area contributed by atoms with Crippen molar-refractivity contribution in [1.29, 1.82) is 0 Å². The number of rotatable bonds is 6. The summed E-state index contributed by atoms with van der Waals surface area (Å²) in [5, 5.41) is 5.63. The highest BCUT2D eigenvalue weighted by molar-refractivity contribution is 7.13. The summed E-state index contributed by atoms with van der Waals surface area (Å²) in [6.45, 7) is 1.44. The number of anilines is 2. The van der Waals surface area contributed by atoms with E-state index in [1.807, 2.05) is 30.3 Å². The fourth-order valence-electron chi connectivity index (χ4n) is 3.01. The molecule has 1 N–H and O–H groups in total. The zero-order chi connectivity index (χ0) is 20.4. The SMILES string of the molecule is CC(C(=O)OCc1csc(Nc2ccccc2)n1)N1C(=O)c2ccccc2C1=O. The predicted octanol–water partition coefficient (Wildman–Crippen LogP) is 3.61. The number of hydrogen-bond donors (Lipinski definition) is 1. The molecule has 4 rings (SSSR count). The van der Waals surface area contributed by atoms with Gasteiger partial charge in [0.25, 0.3) is 11.8 Å². The largest absolute Gasteiger partial charge is 0.458 e. The number of fused-ring (bicyclic) bond motifs is 1. The molecule has 3 aromatic rings. The van der Waals surface area contributed by atoms with Gasteiger partial charge in [-0.05, 0) is 31.2 Å². The van der Waals surface area contributed by atoms with Gasteiger partial charge < -0.3 is 10.1 Å². The molecule has 2 amide bonds. The molecule has 1 aromatic heterocycles. The third kappa shape index (κ3) is 3.74. The standard InChI is InChI=1S/C21H17N3O4S/c1-13(24-18(25)16-9-5-6-10-17(16)19(24)26)20(27)28-11-15-12-29-21(23-15)22-14-7-3-2-4-8-14/h2-10,12-13H,11H2,1H3,(H,22,23). The third-order valence-corrected chi connectivity index (χ3v) is 5.30. The molecule has 0 fully saturated rings. The van der Waals surface area contributed by atoms with E-state index in [-0.39, 0.29) is 6.61 Å². The minimum absolute atomic E-state index is 0.0423. The number of esters is 1. The number of benzene rings is 2. The molecule has 0 saturated carbocycles. The van der Waals surface area contributed by atoms with E-state index >= 15 is 0 Å². The first kappa shape index (κ1) is 18.8. The maximum Gasteiger partial charge on any atom is 0.329 e. The Morgan fingerprint density at radius 2 is 1.69 bits per heavy atom. The van der Waals surface area contributed by atoms with Gasteiger partial charge in [0, 0.05) is 11.1 Å². The van der Waals surface area contributed by atoms with Crippen molar-refractivity contribution in [2.75, 3.05) is 5.32 Å². The van der Waals surface area contributed by atoms with Crippen molar-refractivity contribution >= 4 is 39.9 Å². The molecule has 146 valence electrons. The Morgan fingerprint density at radius 1 is 1.07 bits per heavy atom. The van der Waals surface area contributed by atoms with Gasteiger partial charge in [-0.3, -0.25) is 14.5 Å². The van der Waals surface area contributed by atoms with E-state index in [0.717, 1.165) is 10.6 Å². The average Bonchev–Trinajstić information content (AvgIpc) is 3.29. The summed E-state index contributed by atoms with van der Waals surface area (Å²) in [5.74, 6) is -1.64. The maximum absolute atomic E-state index is 12.5. The van der Waals surface area contributed by atoms with E-state index in [1.165, 1.54) is 18.3 Å². The first-order valence-corrected chi connectivity index (χ1v) is 9.82. The monoisotopic (exact) mass is 407 g/mol. The van der Waals surface area contributed by atoms with Gasteiger partial charge in [0.1, 0.15) is 12.6 Å². The number of nitrogens with zero attached hydrogens (tertiary/aromatic N) is 2. The van der Waals surface area contributed by atoms with Crippen LogP contribution in [0.4, 0.5) is 10.8 Å². The van der Waals surface area contributed by atoms with E-state index in [2.05, 4.69) is 10.3 Å². The number of para-hydroxylation sites is 1. The number of nitrogens with one attached hydrogen (secondary N) is 1. The lowest BCUT2D eigenvalue weighted by atomic mass is 10.1.